The van der Waals surface area contributed by atoms with Crippen molar-refractivity contribution in [3.05, 3.63) is 106 Å². The summed E-state index contributed by atoms with van der Waals surface area (Å²) >= 11 is 0. The van der Waals surface area contributed by atoms with E-state index in [1.807, 2.05) is 54.6 Å². The number of likely N-dealkylation sites (tertiary alicyclic amines) is 1. The van der Waals surface area contributed by atoms with Crippen molar-refractivity contribution in [3.8, 4) is 5.82 Å². The molecule has 1 unspecified atom stereocenters. The number of aliphatic hydroxyl groups is 1. The molecule has 4 fully saturated rings. The highest BCUT2D eigenvalue weighted by Crippen LogP contribution is 2.44. The molecule has 2 aromatic carbocycles. The van der Waals surface area contributed by atoms with E-state index < -0.39 is 29.4 Å². The third-order valence-electron chi connectivity index (χ3n) is 15.4. The van der Waals surface area contributed by atoms with Crippen molar-refractivity contribution in [2.45, 2.75) is 95.4 Å². The highest BCUT2D eigenvalue weighted by molar-refractivity contribution is 6.23. The molecule has 3 N–H and O–H groups in total. The highest BCUT2D eigenvalue weighted by atomic mass is 16.3. The van der Waals surface area contributed by atoms with Gasteiger partial charge in [-0.15, -0.1) is 0 Å². The first-order chi connectivity index (χ1) is 32.4. The lowest BCUT2D eigenvalue weighted by Crippen LogP contribution is -2.54. The summed E-state index contributed by atoms with van der Waals surface area (Å²) in [6, 6.07) is 18.9. The van der Waals surface area contributed by atoms with Gasteiger partial charge in [-0.2, -0.15) is 4.98 Å². The first-order valence-electron chi connectivity index (χ1n) is 23.7. The third kappa shape index (κ3) is 7.86. The molecule has 0 aliphatic carbocycles. The van der Waals surface area contributed by atoms with Gasteiger partial charge in [0.15, 0.2) is 11.5 Å². The summed E-state index contributed by atoms with van der Waals surface area (Å²) in [5.74, 6) is -1.07. The number of carbonyl (C=O) groups is 4. The van der Waals surface area contributed by atoms with E-state index in [2.05, 4.69) is 42.5 Å². The van der Waals surface area contributed by atoms with E-state index >= 15 is 0 Å². The molecule has 2 bridgehead atoms. The van der Waals surface area contributed by atoms with E-state index in [1.54, 1.807) is 28.6 Å². The Bertz CT molecular complexity index is 2880. The minimum atomic E-state index is -1.12. The number of imide groups is 2. The van der Waals surface area contributed by atoms with Crippen LogP contribution in [-0.2, 0) is 21.7 Å². The van der Waals surface area contributed by atoms with Crippen LogP contribution in [0.4, 0.5) is 23.0 Å². The summed E-state index contributed by atoms with van der Waals surface area (Å²) in [7, 11) is 0. The summed E-state index contributed by atoms with van der Waals surface area (Å²) in [4.78, 5) is 87.2. The number of nitrogens with zero attached hydrogens (tertiary/aromatic N) is 9. The zero-order valence-electron chi connectivity index (χ0n) is 37.7. The minimum Gasteiger partial charge on any atom is -0.384 e. The number of nitrogens with one attached hydrogen (secondary N) is 2. The van der Waals surface area contributed by atoms with Gasteiger partial charge in [0.25, 0.3) is 17.4 Å². The second-order valence-corrected chi connectivity index (χ2v) is 19.4. The number of rotatable bonds is 6. The van der Waals surface area contributed by atoms with E-state index in [0.29, 0.717) is 70.5 Å². The lowest BCUT2D eigenvalue weighted by Gasteiger charge is -2.50. The normalized spacial score (nSPS) is 24.1. The average molecular weight is 906 g/mol. The first kappa shape index (κ1) is 42.9. The van der Waals surface area contributed by atoms with E-state index in [0.717, 1.165) is 81.2 Å². The summed E-state index contributed by atoms with van der Waals surface area (Å²) in [5, 5.41) is 17.2. The average Bonchev–Trinajstić information content (AvgIpc) is 3.75. The second-order valence-electron chi connectivity index (χ2n) is 19.4. The fourth-order valence-electron chi connectivity index (χ4n) is 11.2. The van der Waals surface area contributed by atoms with Gasteiger partial charge in [-0.3, -0.25) is 34.2 Å². The molecule has 346 valence electrons. The smallest absolute Gasteiger partial charge is 0.278 e. The van der Waals surface area contributed by atoms with Crippen molar-refractivity contribution in [2.75, 3.05) is 54.4 Å². The largest absolute Gasteiger partial charge is 0.384 e. The molecule has 1 spiro atoms. The van der Waals surface area contributed by atoms with Crippen LogP contribution in [0.2, 0.25) is 0 Å². The van der Waals surface area contributed by atoms with E-state index in [9.17, 15) is 29.1 Å². The van der Waals surface area contributed by atoms with Crippen LogP contribution >= 0.6 is 0 Å². The van der Waals surface area contributed by atoms with Crippen molar-refractivity contribution in [1.29, 1.82) is 0 Å². The Hall–Kier alpha value is -6.72. The molecule has 11 rings (SSSR count). The molecule has 0 radical (unpaired) electrons. The topological polar surface area (TPSA) is 191 Å². The first-order valence-corrected chi connectivity index (χ1v) is 23.7. The molecular weight excluding hydrogens is 851 g/mol. The summed E-state index contributed by atoms with van der Waals surface area (Å²) in [6.45, 7) is 8.06. The maximum Gasteiger partial charge on any atom is 0.278 e. The Morgan fingerprint density at radius 2 is 1.48 bits per heavy atom. The predicted octanol–water partition coefficient (Wildman–Crippen LogP) is 5.03. The fourth-order valence-corrected chi connectivity index (χ4v) is 11.2. The maximum atomic E-state index is 13.6. The second kappa shape index (κ2) is 16.9. The number of carbonyl (C=O) groups excluding carboxylic acids is 4. The third-order valence-corrected chi connectivity index (χ3v) is 15.4. The van der Waals surface area contributed by atoms with Crippen LogP contribution in [0.1, 0.15) is 97.5 Å². The number of hydrogen-bond donors (Lipinski definition) is 3. The quantitative estimate of drug-likeness (QED) is 0.152. The summed E-state index contributed by atoms with van der Waals surface area (Å²) < 4.78 is 3.32. The van der Waals surface area contributed by atoms with Crippen LogP contribution in [-0.4, -0.2) is 114 Å². The molecule has 3 aromatic heterocycles. The van der Waals surface area contributed by atoms with Crippen molar-refractivity contribution >= 4 is 57.7 Å². The van der Waals surface area contributed by atoms with Crippen molar-refractivity contribution in [3.63, 3.8) is 0 Å². The van der Waals surface area contributed by atoms with Gasteiger partial charge in [0.1, 0.15) is 17.0 Å². The van der Waals surface area contributed by atoms with Gasteiger partial charge in [-0.25, -0.2) is 19.3 Å². The van der Waals surface area contributed by atoms with Crippen molar-refractivity contribution < 1.29 is 24.3 Å². The minimum absolute atomic E-state index is 0.0975. The van der Waals surface area contributed by atoms with Crippen LogP contribution in [0.3, 0.4) is 0 Å². The molecule has 67 heavy (non-hydrogen) atoms. The number of hydrogen-bond acceptors (Lipinski definition) is 13. The summed E-state index contributed by atoms with van der Waals surface area (Å²) in [5.41, 5.74) is 3.52. The van der Waals surface area contributed by atoms with E-state index in [-0.39, 0.29) is 24.3 Å². The standard InChI is InChI=1S/C50H55N11O6/c1-49(67)18-3-2-4-23-59-45(64)38-31-51-48(55-43(38)61(59)41-7-5-6-40(49)53-41)52-32-8-10-33(11-9-32)56-24-16-34(17-25-56)57-26-19-50(20-27-57)21-28-58(29-22-50)35-12-13-36-37(30-35)47(66)60(46(36)65)39-14-15-42(62)54-44(39)63/h2,4-13,30-31,34,39,67H,3,14-29H2,1H3,(H,51,52,55)(H,54,62,63)/b4-2-/t39?,49-/m1/s1. The molecule has 0 saturated carbocycles. The molecule has 17 heteroatoms. The van der Waals surface area contributed by atoms with E-state index in [4.69, 9.17) is 9.97 Å². The fraction of sp³-hybridized carbons (Fsp3) is 0.440. The van der Waals surface area contributed by atoms with Crippen LogP contribution < -0.4 is 26.0 Å². The Morgan fingerprint density at radius 3 is 2.24 bits per heavy atom. The van der Waals surface area contributed by atoms with Crippen LogP contribution in [0.15, 0.2) is 83.8 Å². The predicted molar refractivity (Wildman–Crippen MR) is 252 cm³/mol. The van der Waals surface area contributed by atoms with Gasteiger partial charge in [0.05, 0.1) is 23.4 Å². The lowest BCUT2D eigenvalue weighted by molar-refractivity contribution is -0.136. The zero-order valence-corrected chi connectivity index (χ0v) is 37.7. The number of allylic oxidation sites excluding steroid dienone is 2. The van der Waals surface area contributed by atoms with Crippen LogP contribution in [0.5, 0.6) is 0 Å². The maximum absolute atomic E-state index is 13.6. The monoisotopic (exact) mass is 905 g/mol. The highest BCUT2D eigenvalue weighted by Gasteiger charge is 2.45. The number of piperidine rings is 4. The Morgan fingerprint density at radius 1 is 0.761 bits per heavy atom. The summed E-state index contributed by atoms with van der Waals surface area (Å²) in [6.07, 6.45) is 13.6. The van der Waals surface area contributed by atoms with E-state index in [1.165, 1.54) is 18.5 Å². The molecule has 6 aliphatic rings. The van der Waals surface area contributed by atoms with Gasteiger partial charge in [0.2, 0.25) is 17.8 Å². The number of aromatic nitrogens is 5. The van der Waals surface area contributed by atoms with Crippen molar-refractivity contribution in [1.82, 2.24) is 39.4 Å². The van der Waals surface area contributed by atoms with Gasteiger partial charge in [0, 0.05) is 61.9 Å². The SMILES string of the molecule is C[C@@]1(O)CC/C=C\Cn2c(=O)c3cnc(Nc4ccc(N5CCC(N6CCC7(CCN(c8ccc9c(c8)C(=O)N(C8CCC(=O)NC8=O)C9=O)CC7)CC6)CC5)cc4)nc3n2-c2cccc1n2. The van der Waals surface area contributed by atoms with Gasteiger partial charge < -0.3 is 25.1 Å². The molecule has 2 atom stereocenters. The lowest BCUT2D eigenvalue weighted by atomic mass is 9.71. The van der Waals surface area contributed by atoms with Gasteiger partial charge in [-0.05, 0) is 138 Å². The zero-order chi connectivity index (χ0) is 46.0. The van der Waals surface area contributed by atoms with Crippen LogP contribution in [0.25, 0.3) is 16.9 Å². The van der Waals surface area contributed by atoms with Crippen LogP contribution in [0, 0.1) is 5.41 Å². The molecular formula is C50H55N11O6. The van der Waals surface area contributed by atoms with Gasteiger partial charge >= 0.3 is 0 Å². The number of benzene rings is 2. The Kier molecular flexibility index (Phi) is 10.8. The number of pyridine rings is 1. The molecule has 9 heterocycles. The van der Waals surface area contributed by atoms with Gasteiger partial charge in [-0.1, -0.05) is 18.2 Å². The molecule has 5 aromatic rings. The van der Waals surface area contributed by atoms with Crippen molar-refractivity contribution in [2.24, 2.45) is 5.41 Å². The number of anilines is 4. The molecule has 4 amide bonds. The molecule has 17 nitrogen and oxygen atoms in total. The Labute approximate surface area is 387 Å². The molecule has 6 aliphatic heterocycles. The molecule has 4 saturated heterocycles. The number of fused-ring (bicyclic) bond motifs is 7. The number of amides is 4. The Balaban J connectivity index is 0.679.